The molecule has 2 amide bonds. The van der Waals surface area contributed by atoms with E-state index < -0.39 is 0 Å². The number of nitrogens with one attached hydrogen (secondary N) is 2. The summed E-state index contributed by atoms with van der Waals surface area (Å²) in [6.07, 6.45) is 3.41. The van der Waals surface area contributed by atoms with E-state index >= 15 is 0 Å². The molecule has 1 aromatic heterocycles. The minimum Gasteiger partial charge on any atom is -0.354 e. The number of hydrogen-bond donors (Lipinski definition) is 2. The maximum Gasteiger partial charge on any atom is 0.258 e. The molecule has 4 aromatic carbocycles. The van der Waals surface area contributed by atoms with Crippen LogP contribution in [-0.2, 0) is 6.54 Å². The highest BCUT2D eigenvalue weighted by molar-refractivity contribution is 6.10. The fourth-order valence-electron chi connectivity index (χ4n) is 4.69. The van der Waals surface area contributed by atoms with Crippen molar-refractivity contribution >= 4 is 34.6 Å². The standard InChI is InChI=1S/C32H24N4O2/c37-31(27-9-3-2-8-26(27)22-17-19-33-20-18-22)34-25-15-13-23(14-16-25)32(38)36-21-24-7-1-4-10-28(24)35-29-11-5-6-12-30(29)36/h1-20,35H,21H2,(H,34,37). The van der Waals surface area contributed by atoms with Gasteiger partial charge in [-0.1, -0.05) is 48.5 Å². The smallest absolute Gasteiger partial charge is 0.258 e. The molecule has 2 heterocycles. The van der Waals surface area contributed by atoms with E-state index in [0.29, 0.717) is 23.4 Å². The van der Waals surface area contributed by atoms with Gasteiger partial charge < -0.3 is 15.5 Å². The van der Waals surface area contributed by atoms with Crippen LogP contribution >= 0.6 is 0 Å². The molecule has 2 N–H and O–H groups in total. The van der Waals surface area contributed by atoms with E-state index in [2.05, 4.69) is 15.6 Å². The Morgan fingerprint density at radius 3 is 2.24 bits per heavy atom. The van der Waals surface area contributed by atoms with Gasteiger partial charge in [0.15, 0.2) is 0 Å². The molecule has 1 aliphatic heterocycles. The van der Waals surface area contributed by atoms with Crippen molar-refractivity contribution in [3.63, 3.8) is 0 Å². The summed E-state index contributed by atoms with van der Waals surface area (Å²) < 4.78 is 0. The first kappa shape index (κ1) is 23.2. The maximum absolute atomic E-state index is 13.7. The molecule has 0 bridgehead atoms. The van der Waals surface area contributed by atoms with Gasteiger partial charge in [0, 0.05) is 34.9 Å². The Hall–Kier alpha value is -5.23. The molecule has 6 heteroatoms. The van der Waals surface area contributed by atoms with E-state index in [0.717, 1.165) is 33.8 Å². The van der Waals surface area contributed by atoms with Crippen molar-refractivity contribution in [2.75, 3.05) is 15.5 Å². The molecule has 0 fully saturated rings. The van der Waals surface area contributed by atoms with Gasteiger partial charge in [-0.25, -0.2) is 0 Å². The van der Waals surface area contributed by atoms with Crippen LogP contribution in [0.15, 0.2) is 122 Å². The average molecular weight is 497 g/mol. The van der Waals surface area contributed by atoms with Gasteiger partial charge in [-0.15, -0.1) is 0 Å². The number of fused-ring (bicyclic) bond motifs is 2. The fourth-order valence-corrected chi connectivity index (χ4v) is 4.69. The molecule has 0 aliphatic carbocycles. The number of amides is 2. The summed E-state index contributed by atoms with van der Waals surface area (Å²) in [5.74, 6) is -0.336. The third kappa shape index (κ3) is 4.51. The van der Waals surface area contributed by atoms with Crippen molar-refractivity contribution in [2.24, 2.45) is 0 Å². The Kier molecular flexibility index (Phi) is 6.12. The highest BCUT2D eigenvalue weighted by Crippen LogP contribution is 2.36. The molecular formula is C32H24N4O2. The molecule has 6 nitrogen and oxygen atoms in total. The lowest BCUT2D eigenvalue weighted by Gasteiger charge is -2.23. The van der Waals surface area contributed by atoms with Crippen LogP contribution < -0.4 is 15.5 Å². The molecule has 5 aromatic rings. The number of rotatable bonds is 4. The van der Waals surface area contributed by atoms with Crippen molar-refractivity contribution in [3.05, 3.63) is 138 Å². The number of carbonyl (C=O) groups excluding carboxylic acids is 2. The second kappa shape index (κ2) is 10.0. The third-order valence-electron chi connectivity index (χ3n) is 6.61. The van der Waals surface area contributed by atoms with Gasteiger partial charge in [0.25, 0.3) is 11.8 Å². The maximum atomic E-state index is 13.7. The predicted molar refractivity (Wildman–Crippen MR) is 151 cm³/mol. The van der Waals surface area contributed by atoms with Gasteiger partial charge in [0.2, 0.25) is 0 Å². The minimum absolute atomic E-state index is 0.114. The first-order chi connectivity index (χ1) is 18.7. The second-order valence-electron chi connectivity index (χ2n) is 9.00. The van der Waals surface area contributed by atoms with Crippen molar-refractivity contribution < 1.29 is 9.59 Å². The van der Waals surface area contributed by atoms with Gasteiger partial charge in [0.05, 0.1) is 17.9 Å². The van der Waals surface area contributed by atoms with E-state index in [1.165, 1.54) is 0 Å². The molecule has 1 aliphatic rings. The average Bonchev–Trinajstić information content (AvgIpc) is 3.14. The SMILES string of the molecule is O=C(Nc1ccc(C(=O)N2Cc3ccccc3Nc3ccccc32)cc1)c1ccccc1-c1ccncc1. The molecule has 0 unspecified atom stereocenters. The first-order valence-corrected chi connectivity index (χ1v) is 12.3. The monoisotopic (exact) mass is 496 g/mol. The number of para-hydroxylation sites is 3. The van der Waals surface area contributed by atoms with Crippen LogP contribution in [0.25, 0.3) is 11.1 Å². The fraction of sp³-hybridized carbons (Fsp3) is 0.0312. The largest absolute Gasteiger partial charge is 0.354 e. The lowest BCUT2D eigenvalue weighted by molar-refractivity contribution is 0.0984. The Bertz CT molecular complexity index is 1630. The number of aromatic nitrogens is 1. The number of pyridine rings is 1. The first-order valence-electron chi connectivity index (χ1n) is 12.3. The number of hydrogen-bond acceptors (Lipinski definition) is 4. The lowest BCUT2D eigenvalue weighted by Crippen LogP contribution is -2.30. The molecule has 0 spiro atoms. The zero-order chi connectivity index (χ0) is 25.9. The van der Waals surface area contributed by atoms with E-state index in [9.17, 15) is 9.59 Å². The highest BCUT2D eigenvalue weighted by atomic mass is 16.2. The summed E-state index contributed by atoms with van der Waals surface area (Å²) in [7, 11) is 0. The summed E-state index contributed by atoms with van der Waals surface area (Å²) in [5.41, 5.74) is 7.17. The van der Waals surface area contributed by atoms with Crippen molar-refractivity contribution in [2.45, 2.75) is 6.54 Å². The van der Waals surface area contributed by atoms with E-state index in [-0.39, 0.29) is 11.8 Å². The second-order valence-corrected chi connectivity index (χ2v) is 9.00. The Morgan fingerprint density at radius 2 is 1.42 bits per heavy atom. The normalized spacial score (nSPS) is 11.9. The highest BCUT2D eigenvalue weighted by Gasteiger charge is 2.24. The summed E-state index contributed by atoms with van der Waals surface area (Å²) in [6, 6.07) is 34.0. The van der Waals surface area contributed by atoms with Crippen LogP contribution in [0.1, 0.15) is 26.3 Å². The summed E-state index contributed by atoms with van der Waals surface area (Å²) in [4.78, 5) is 32.7. The van der Waals surface area contributed by atoms with Gasteiger partial charge >= 0.3 is 0 Å². The van der Waals surface area contributed by atoms with Crippen molar-refractivity contribution in [1.29, 1.82) is 0 Å². The van der Waals surface area contributed by atoms with Crippen LogP contribution in [0.5, 0.6) is 0 Å². The molecule has 0 atom stereocenters. The number of anilines is 4. The predicted octanol–water partition coefficient (Wildman–Crippen LogP) is 6.90. The van der Waals surface area contributed by atoms with Crippen LogP contribution in [0.2, 0.25) is 0 Å². The summed E-state index contributed by atoms with van der Waals surface area (Å²) in [5, 5.41) is 6.42. The van der Waals surface area contributed by atoms with Gasteiger partial charge in [-0.3, -0.25) is 14.6 Å². The number of nitrogens with zero attached hydrogens (tertiary/aromatic N) is 2. The lowest BCUT2D eigenvalue weighted by atomic mass is 10.00. The summed E-state index contributed by atoms with van der Waals surface area (Å²) >= 11 is 0. The van der Waals surface area contributed by atoms with E-state index in [1.54, 1.807) is 47.6 Å². The van der Waals surface area contributed by atoms with Crippen LogP contribution in [0.3, 0.4) is 0 Å². The topological polar surface area (TPSA) is 74.3 Å². The van der Waals surface area contributed by atoms with Crippen molar-refractivity contribution in [3.8, 4) is 11.1 Å². The molecular weight excluding hydrogens is 472 g/mol. The zero-order valence-electron chi connectivity index (χ0n) is 20.5. The van der Waals surface area contributed by atoms with Crippen LogP contribution in [0, 0.1) is 0 Å². The van der Waals surface area contributed by atoms with E-state index in [1.807, 2.05) is 78.9 Å². The summed E-state index contributed by atoms with van der Waals surface area (Å²) in [6.45, 7) is 0.448. The Balaban J connectivity index is 1.24. The number of benzene rings is 4. The quantitative estimate of drug-likeness (QED) is 0.284. The van der Waals surface area contributed by atoms with E-state index in [4.69, 9.17) is 0 Å². The molecule has 0 saturated heterocycles. The Morgan fingerprint density at radius 1 is 0.737 bits per heavy atom. The minimum atomic E-state index is -0.222. The van der Waals surface area contributed by atoms with Gasteiger partial charge in [-0.2, -0.15) is 0 Å². The van der Waals surface area contributed by atoms with Crippen LogP contribution in [0.4, 0.5) is 22.7 Å². The van der Waals surface area contributed by atoms with Crippen LogP contribution in [-0.4, -0.2) is 16.8 Å². The number of carbonyl (C=O) groups is 2. The molecule has 0 saturated carbocycles. The van der Waals surface area contributed by atoms with Gasteiger partial charge in [-0.05, 0) is 77.4 Å². The zero-order valence-corrected chi connectivity index (χ0v) is 20.5. The molecule has 0 radical (unpaired) electrons. The molecule has 184 valence electrons. The molecule has 38 heavy (non-hydrogen) atoms. The third-order valence-corrected chi connectivity index (χ3v) is 6.61. The Labute approximate surface area is 220 Å². The van der Waals surface area contributed by atoms with Gasteiger partial charge in [0.1, 0.15) is 0 Å². The molecule has 6 rings (SSSR count). The van der Waals surface area contributed by atoms with Crippen molar-refractivity contribution in [1.82, 2.24) is 4.98 Å².